The van der Waals surface area contributed by atoms with Gasteiger partial charge in [-0.15, -0.1) is 11.3 Å². The molecule has 1 atom stereocenters. The highest BCUT2D eigenvalue weighted by molar-refractivity contribution is 7.10. The summed E-state index contributed by atoms with van der Waals surface area (Å²) in [5.41, 5.74) is 0.446. The van der Waals surface area contributed by atoms with Gasteiger partial charge in [-0.3, -0.25) is 0 Å². The molecule has 0 bridgehead atoms. The quantitative estimate of drug-likeness (QED) is 0.877. The topological polar surface area (TPSA) is 66.8 Å². The molecule has 2 aromatic rings. The van der Waals surface area contributed by atoms with Gasteiger partial charge in [0.05, 0.1) is 5.02 Å². The Bertz CT molecular complexity index is 613. The second-order valence-corrected chi connectivity index (χ2v) is 5.62. The first kappa shape index (κ1) is 15.1. The molecule has 0 fully saturated rings. The number of aliphatic hydroxyl groups excluding tert-OH is 1. The summed E-state index contributed by atoms with van der Waals surface area (Å²) in [5.74, 6) is -0.943. The largest absolute Gasteiger partial charge is 0.480 e. The maximum atomic E-state index is 10.5. The summed E-state index contributed by atoms with van der Waals surface area (Å²) < 4.78 is 5.01. The maximum Gasteiger partial charge on any atom is 0.341 e. The van der Waals surface area contributed by atoms with Gasteiger partial charge in [-0.2, -0.15) is 0 Å². The molecule has 20 heavy (non-hydrogen) atoms. The van der Waals surface area contributed by atoms with Crippen LogP contribution in [0.2, 0.25) is 10.0 Å². The number of rotatable bonds is 5. The first-order valence-electron chi connectivity index (χ1n) is 5.54. The number of aliphatic carboxylic acids is 1. The van der Waals surface area contributed by atoms with Gasteiger partial charge in [-0.05, 0) is 17.5 Å². The highest BCUT2D eigenvalue weighted by Gasteiger charge is 2.19. The minimum Gasteiger partial charge on any atom is -0.480 e. The van der Waals surface area contributed by atoms with Crippen molar-refractivity contribution in [3.05, 3.63) is 50.1 Å². The van der Waals surface area contributed by atoms with Crippen molar-refractivity contribution >= 4 is 40.5 Å². The molecule has 0 aliphatic carbocycles. The van der Waals surface area contributed by atoms with Gasteiger partial charge in [0.25, 0.3) is 0 Å². The number of thiophene rings is 1. The van der Waals surface area contributed by atoms with Gasteiger partial charge >= 0.3 is 5.97 Å². The molecule has 0 saturated heterocycles. The van der Waals surface area contributed by atoms with Crippen LogP contribution in [0, 0.1) is 0 Å². The average Bonchev–Trinajstić information content (AvgIpc) is 2.93. The Morgan fingerprint density at radius 1 is 1.30 bits per heavy atom. The molecule has 2 rings (SSSR count). The summed E-state index contributed by atoms with van der Waals surface area (Å²) in [7, 11) is 0. The zero-order chi connectivity index (χ0) is 14.7. The van der Waals surface area contributed by atoms with Crippen LogP contribution in [-0.4, -0.2) is 22.8 Å². The van der Waals surface area contributed by atoms with Crippen LogP contribution in [0.1, 0.15) is 16.5 Å². The van der Waals surface area contributed by atoms with Gasteiger partial charge in [0.1, 0.15) is 16.9 Å². The van der Waals surface area contributed by atoms with E-state index in [9.17, 15) is 9.90 Å². The van der Waals surface area contributed by atoms with Crippen LogP contribution in [0.4, 0.5) is 0 Å². The van der Waals surface area contributed by atoms with E-state index in [1.165, 1.54) is 17.4 Å². The normalized spacial score (nSPS) is 12.2. The van der Waals surface area contributed by atoms with Crippen molar-refractivity contribution in [2.75, 3.05) is 6.61 Å². The van der Waals surface area contributed by atoms with E-state index in [-0.39, 0.29) is 15.8 Å². The summed E-state index contributed by atoms with van der Waals surface area (Å²) >= 11 is 13.5. The Balaban J connectivity index is 2.28. The molecule has 0 saturated carbocycles. The summed E-state index contributed by atoms with van der Waals surface area (Å²) in [4.78, 5) is 11.2. The van der Waals surface area contributed by atoms with Gasteiger partial charge in [-0.1, -0.05) is 35.3 Å². The lowest BCUT2D eigenvalue weighted by atomic mass is 10.1. The summed E-state index contributed by atoms with van der Waals surface area (Å²) in [5, 5.41) is 20.9. The monoisotopic (exact) mass is 332 g/mol. The fourth-order valence-electron chi connectivity index (χ4n) is 1.61. The summed E-state index contributed by atoms with van der Waals surface area (Å²) in [6, 6.07) is 6.66. The molecule has 0 aliphatic heterocycles. The number of carbonyl (C=O) groups is 1. The van der Waals surface area contributed by atoms with Crippen LogP contribution in [0.3, 0.4) is 0 Å². The number of benzene rings is 1. The molecular formula is C13H10Cl2O4S. The van der Waals surface area contributed by atoms with E-state index in [1.54, 1.807) is 12.1 Å². The third-order valence-electron chi connectivity index (χ3n) is 2.54. The van der Waals surface area contributed by atoms with Crippen LogP contribution in [-0.2, 0) is 4.79 Å². The van der Waals surface area contributed by atoms with E-state index in [2.05, 4.69) is 0 Å². The molecular weight excluding hydrogens is 323 g/mol. The Labute approximate surface area is 129 Å². The van der Waals surface area contributed by atoms with Crippen molar-refractivity contribution in [2.24, 2.45) is 0 Å². The second kappa shape index (κ2) is 6.45. The lowest BCUT2D eigenvalue weighted by Gasteiger charge is -2.14. The zero-order valence-corrected chi connectivity index (χ0v) is 12.4. The minimum absolute atomic E-state index is 0.0843. The molecule has 2 N–H and O–H groups in total. The van der Waals surface area contributed by atoms with Crippen molar-refractivity contribution in [3.63, 3.8) is 0 Å². The van der Waals surface area contributed by atoms with E-state index in [0.717, 1.165) is 4.88 Å². The highest BCUT2D eigenvalue weighted by Crippen LogP contribution is 2.39. The average molecular weight is 333 g/mol. The molecule has 0 spiro atoms. The lowest BCUT2D eigenvalue weighted by Crippen LogP contribution is -2.10. The Morgan fingerprint density at radius 3 is 2.65 bits per heavy atom. The van der Waals surface area contributed by atoms with Gasteiger partial charge in [-0.25, -0.2) is 4.79 Å². The fraction of sp³-hybridized carbons (Fsp3) is 0.154. The van der Waals surface area contributed by atoms with Crippen LogP contribution in [0.25, 0.3) is 0 Å². The van der Waals surface area contributed by atoms with Gasteiger partial charge in [0.2, 0.25) is 0 Å². The third kappa shape index (κ3) is 3.24. The van der Waals surface area contributed by atoms with E-state index in [0.29, 0.717) is 5.56 Å². The van der Waals surface area contributed by atoms with Crippen LogP contribution in [0.5, 0.6) is 5.75 Å². The number of hydrogen-bond acceptors (Lipinski definition) is 4. The van der Waals surface area contributed by atoms with E-state index >= 15 is 0 Å². The summed E-state index contributed by atoms with van der Waals surface area (Å²) in [6.07, 6.45) is -0.881. The number of halogens is 2. The Morgan fingerprint density at radius 2 is 2.05 bits per heavy atom. The second-order valence-electron chi connectivity index (χ2n) is 3.88. The predicted octanol–water partition coefficient (Wildman–Crippen LogP) is 3.60. The minimum atomic E-state index is -1.11. The summed E-state index contributed by atoms with van der Waals surface area (Å²) in [6.45, 7) is -0.511. The van der Waals surface area contributed by atoms with Crippen molar-refractivity contribution in [3.8, 4) is 5.75 Å². The van der Waals surface area contributed by atoms with Crippen LogP contribution >= 0.6 is 34.5 Å². The number of ether oxygens (including phenoxy) is 1. The first-order valence-corrected chi connectivity index (χ1v) is 7.18. The smallest absolute Gasteiger partial charge is 0.341 e. The van der Waals surface area contributed by atoms with Crippen molar-refractivity contribution in [1.82, 2.24) is 0 Å². The molecule has 1 heterocycles. The van der Waals surface area contributed by atoms with Crippen molar-refractivity contribution in [2.45, 2.75) is 6.10 Å². The molecule has 4 nitrogen and oxygen atoms in total. The van der Waals surface area contributed by atoms with Gasteiger partial charge in [0.15, 0.2) is 6.61 Å². The van der Waals surface area contributed by atoms with Crippen molar-refractivity contribution < 1.29 is 19.7 Å². The molecule has 0 aliphatic rings. The van der Waals surface area contributed by atoms with Gasteiger partial charge in [0, 0.05) is 10.4 Å². The lowest BCUT2D eigenvalue weighted by molar-refractivity contribution is -0.139. The molecule has 1 aromatic carbocycles. The van der Waals surface area contributed by atoms with Crippen LogP contribution < -0.4 is 4.74 Å². The van der Waals surface area contributed by atoms with Crippen LogP contribution in [0.15, 0.2) is 29.6 Å². The van der Waals surface area contributed by atoms with E-state index in [1.807, 2.05) is 11.4 Å². The number of aliphatic hydroxyl groups is 1. The molecule has 0 radical (unpaired) electrons. The molecule has 7 heteroatoms. The highest BCUT2D eigenvalue weighted by atomic mass is 35.5. The Hall–Kier alpha value is -1.27. The molecule has 106 valence electrons. The maximum absolute atomic E-state index is 10.5. The molecule has 1 aromatic heterocycles. The van der Waals surface area contributed by atoms with E-state index in [4.69, 9.17) is 33.0 Å². The van der Waals surface area contributed by atoms with E-state index < -0.39 is 18.7 Å². The standard InChI is InChI=1S/C13H10Cl2O4S/c14-11-7(13(18)9-2-1-5-20-9)3-4-8(12(11)15)19-6-10(16)17/h1-5,13,18H,6H2,(H,16,17). The van der Waals surface area contributed by atoms with Crippen molar-refractivity contribution in [1.29, 1.82) is 0 Å². The van der Waals surface area contributed by atoms with Gasteiger partial charge < -0.3 is 14.9 Å². The Kier molecular flexibility index (Phi) is 4.88. The SMILES string of the molecule is O=C(O)COc1ccc(C(O)c2cccs2)c(Cl)c1Cl. The molecule has 1 unspecified atom stereocenters. The zero-order valence-electron chi connectivity index (χ0n) is 10.0. The first-order chi connectivity index (χ1) is 9.50. The number of carboxylic acid groups (broad SMARTS) is 1. The number of hydrogen-bond donors (Lipinski definition) is 2. The third-order valence-corrected chi connectivity index (χ3v) is 4.34. The fourth-order valence-corrected chi connectivity index (χ4v) is 2.82. The molecule has 0 amide bonds. The predicted molar refractivity (Wildman–Crippen MR) is 78.0 cm³/mol. The number of carboxylic acids is 1.